The molecule has 0 bridgehead atoms. The molecule has 0 saturated heterocycles. The summed E-state index contributed by atoms with van der Waals surface area (Å²) in [7, 11) is 1.58. The largest absolute Gasteiger partial charge is 0.484 e. The first-order valence-electron chi connectivity index (χ1n) is 8.56. The molecular weight excluding hydrogens is 362 g/mol. The van der Waals surface area contributed by atoms with Crippen molar-refractivity contribution in [2.24, 2.45) is 7.05 Å². The van der Waals surface area contributed by atoms with Crippen LogP contribution in [-0.2, 0) is 11.8 Å². The van der Waals surface area contributed by atoms with Crippen LogP contribution in [0.3, 0.4) is 0 Å². The van der Waals surface area contributed by atoms with E-state index in [4.69, 9.17) is 14.2 Å². The van der Waals surface area contributed by atoms with Crippen LogP contribution >= 0.6 is 0 Å². The fourth-order valence-corrected chi connectivity index (χ4v) is 2.76. The number of benzene rings is 2. The maximum absolute atomic E-state index is 12.4. The first kappa shape index (κ1) is 17.6. The number of aromatic nitrogens is 2. The first-order valence-corrected chi connectivity index (χ1v) is 8.56. The highest BCUT2D eigenvalue weighted by atomic mass is 16.7. The Morgan fingerprint density at radius 3 is 2.82 bits per heavy atom. The monoisotopic (exact) mass is 379 g/mol. The van der Waals surface area contributed by atoms with Gasteiger partial charge < -0.3 is 19.5 Å². The topological polar surface area (TPSA) is 91.7 Å². The number of anilines is 1. The highest BCUT2D eigenvalue weighted by Crippen LogP contribution is 2.35. The number of rotatable bonds is 5. The molecule has 8 nitrogen and oxygen atoms in total. The molecule has 3 aromatic rings. The number of nitrogens with one attached hydrogen (secondary N) is 1. The van der Waals surface area contributed by atoms with E-state index in [1.54, 1.807) is 43.4 Å². The first-order chi connectivity index (χ1) is 13.6. The fraction of sp³-hybridized carbons (Fsp3) is 0.150. The molecule has 28 heavy (non-hydrogen) atoms. The second kappa shape index (κ2) is 7.43. The molecule has 8 heteroatoms. The molecule has 0 atom stereocenters. The van der Waals surface area contributed by atoms with Crippen molar-refractivity contribution in [2.75, 3.05) is 18.7 Å². The van der Waals surface area contributed by atoms with E-state index in [2.05, 4.69) is 10.4 Å². The molecule has 2 aromatic carbocycles. The predicted octanol–water partition coefficient (Wildman–Crippen LogP) is 2.19. The highest BCUT2D eigenvalue weighted by Gasteiger charge is 2.15. The van der Waals surface area contributed by atoms with Gasteiger partial charge in [-0.1, -0.05) is 18.2 Å². The second-order valence-electron chi connectivity index (χ2n) is 6.08. The number of nitrogens with zero attached hydrogens (tertiary/aromatic N) is 2. The number of fused-ring (bicyclic) bond motifs is 1. The summed E-state index contributed by atoms with van der Waals surface area (Å²) in [6.07, 6.45) is 0. The Kier molecular flexibility index (Phi) is 4.67. The smallest absolute Gasteiger partial charge is 0.266 e. The fourth-order valence-electron chi connectivity index (χ4n) is 2.76. The van der Waals surface area contributed by atoms with Gasteiger partial charge in [-0.3, -0.25) is 9.59 Å². The summed E-state index contributed by atoms with van der Waals surface area (Å²) >= 11 is 0. The summed E-state index contributed by atoms with van der Waals surface area (Å²) in [4.78, 5) is 23.9. The average molecular weight is 379 g/mol. The zero-order chi connectivity index (χ0) is 19.5. The molecule has 0 fully saturated rings. The standard InChI is InChI=1S/C20H17N3O5/c1-23-20(25)9-7-16(22-23)14-4-2-3-5-15(14)21-19(24)11-26-13-6-8-17-18(10-13)28-12-27-17/h2-10H,11-12H2,1H3,(H,21,24). The van der Waals surface area contributed by atoms with E-state index in [-0.39, 0.29) is 24.9 Å². The van der Waals surface area contributed by atoms with Crippen LogP contribution in [0.15, 0.2) is 59.4 Å². The number of para-hydroxylation sites is 1. The summed E-state index contributed by atoms with van der Waals surface area (Å²) in [6, 6.07) is 15.4. The lowest BCUT2D eigenvalue weighted by Gasteiger charge is -2.12. The van der Waals surface area contributed by atoms with E-state index in [9.17, 15) is 9.59 Å². The third-order valence-electron chi connectivity index (χ3n) is 4.15. The summed E-state index contributed by atoms with van der Waals surface area (Å²) < 4.78 is 17.3. The van der Waals surface area contributed by atoms with Crippen LogP contribution in [0.25, 0.3) is 11.3 Å². The zero-order valence-corrected chi connectivity index (χ0v) is 15.0. The van der Waals surface area contributed by atoms with Crippen LogP contribution < -0.4 is 25.1 Å². The minimum Gasteiger partial charge on any atom is -0.484 e. The lowest BCUT2D eigenvalue weighted by Crippen LogP contribution is -2.21. The Labute approximate surface area is 160 Å². The summed E-state index contributed by atoms with van der Waals surface area (Å²) in [5.74, 6) is 1.42. The zero-order valence-electron chi connectivity index (χ0n) is 15.0. The Morgan fingerprint density at radius 1 is 1.14 bits per heavy atom. The molecule has 1 amide bonds. The lowest BCUT2D eigenvalue weighted by molar-refractivity contribution is -0.118. The van der Waals surface area contributed by atoms with Gasteiger partial charge in [-0.15, -0.1) is 0 Å². The van der Waals surface area contributed by atoms with Crippen molar-refractivity contribution in [2.45, 2.75) is 0 Å². The van der Waals surface area contributed by atoms with Gasteiger partial charge in [0.2, 0.25) is 6.79 Å². The van der Waals surface area contributed by atoms with Crippen LogP contribution in [0.2, 0.25) is 0 Å². The van der Waals surface area contributed by atoms with Crippen molar-refractivity contribution in [3.63, 3.8) is 0 Å². The number of amides is 1. The van der Waals surface area contributed by atoms with E-state index in [1.165, 1.54) is 10.7 Å². The number of ether oxygens (including phenoxy) is 3. The van der Waals surface area contributed by atoms with E-state index in [0.29, 0.717) is 34.2 Å². The normalized spacial score (nSPS) is 11.9. The Balaban J connectivity index is 1.46. The number of hydrogen-bond donors (Lipinski definition) is 1. The van der Waals surface area contributed by atoms with Crippen molar-refractivity contribution >= 4 is 11.6 Å². The van der Waals surface area contributed by atoms with E-state index in [0.717, 1.165) is 0 Å². The number of carbonyl (C=O) groups excluding carboxylic acids is 1. The minimum atomic E-state index is -0.324. The Bertz CT molecular complexity index is 1090. The van der Waals surface area contributed by atoms with Gasteiger partial charge in [-0.05, 0) is 24.3 Å². The van der Waals surface area contributed by atoms with Crippen molar-refractivity contribution in [3.8, 4) is 28.5 Å². The molecule has 0 radical (unpaired) electrons. The molecular formula is C20H17N3O5. The van der Waals surface area contributed by atoms with Gasteiger partial charge in [0.1, 0.15) is 5.75 Å². The maximum atomic E-state index is 12.4. The minimum absolute atomic E-state index is 0.172. The SMILES string of the molecule is Cn1nc(-c2ccccc2NC(=O)COc2ccc3c(c2)OCO3)ccc1=O. The van der Waals surface area contributed by atoms with Crippen LogP contribution in [0.4, 0.5) is 5.69 Å². The van der Waals surface area contributed by atoms with E-state index < -0.39 is 0 Å². The highest BCUT2D eigenvalue weighted by molar-refractivity contribution is 5.95. The predicted molar refractivity (Wildman–Crippen MR) is 102 cm³/mol. The van der Waals surface area contributed by atoms with Gasteiger partial charge in [0.25, 0.3) is 11.5 Å². The third kappa shape index (κ3) is 3.66. The van der Waals surface area contributed by atoms with Crippen LogP contribution in [0, 0.1) is 0 Å². The van der Waals surface area contributed by atoms with Crippen LogP contribution in [0.1, 0.15) is 0 Å². The summed E-state index contributed by atoms with van der Waals surface area (Å²) in [6.45, 7) is 0.00383. The van der Waals surface area contributed by atoms with Crippen molar-refractivity contribution in [3.05, 3.63) is 65.0 Å². The van der Waals surface area contributed by atoms with Crippen molar-refractivity contribution < 1.29 is 19.0 Å². The van der Waals surface area contributed by atoms with Gasteiger partial charge in [0.05, 0.1) is 11.4 Å². The molecule has 0 unspecified atom stereocenters. The Hall–Kier alpha value is -3.81. The third-order valence-corrected chi connectivity index (χ3v) is 4.15. The average Bonchev–Trinajstić information content (AvgIpc) is 3.17. The van der Waals surface area contributed by atoms with Gasteiger partial charge >= 0.3 is 0 Å². The number of aryl methyl sites for hydroxylation is 1. The number of carbonyl (C=O) groups is 1. The maximum Gasteiger partial charge on any atom is 0.266 e. The van der Waals surface area contributed by atoms with Gasteiger partial charge in [0, 0.05) is 24.7 Å². The lowest BCUT2D eigenvalue weighted by atomic mass is 10.1. The summed E-state index contributed by atoms with van der Waals surface area (Å²) in [5, 5.41) is 7.05. The molecule has 4 rings (SSSR count). The van der Waals surface area contributed by atoms with Crippen LogP contribution in [-0.4, -0.2) is 29.1 Å². The second-order valence-corrected chi connectivity index (χ2v) is 6.08. The molecule has 0 spiro atoms. The van der Waals surface area contributed by atoms with Gasteiger partial charge in [-0.25, -0.2) is 4.68 Å². The van der Waals surface area contributed by atoms with Crippen LogP contribution in [0.5, 0.6) is 17.2 Å². The molecule has 1 aliphatic rings. The number of hydrogen-bond acceptors (Lipinski definition) is 6. The Morgan fingerprint density at radius 2 is 1.96 bits per heavy atom. The summed E-state index contributed by atoms with van der Waals surface area (Å²) in [5.41, 5.74) is 1.65. The molecule has 1 aliphatic heterocycles. The molecule has 1 N–H and O–H groups in total. The van der Waals surface area contributed by atoms with Crippen molar-refractivity contribution in [1.82, 2.24) is 9.78 Å². The molecule has 0 saturated carbocycles. The van der Waals surface area contributed by atoms with E-state index >= 15 is 0 Å². The van der Waals surface area contributed by atoms with Gasteiger partial charge in [0.15, 0.2) is 18.1 Å². The molecule has 1 aromatic heterocycles. The quantitative estimate of drug-likeness (QED) is 0.731. The van der Waals surface area contributed by atoms with E-state index in [1.807, 2.05) is 12.1 Å². The van der Waals surface area contributed by atoms with Gasteiger partial charge in [-0.2, -0.15) is 5.10 Å². The van der Waals surface area contributed by atoms with Crippen molar-refractivity contribution in [1.29, 1.82) is 0 Å². The molecule has 2 heterocycles. The molecule has 0 aliphatic carbocycles. The molecule has 142 valence electrons.